The number of carboxylic acid groups (broad SMARTS) is 1. The van der Waals surface area contributed by atoms with Gasteiger partial charge in [0.2, 0.25) is 0 Å². The molecule has 1 amide bonds. The zero-order valence-corrected chi connectivity index (χ0v) is 21.5. The second-order valence-corrected chi connectivity index (χ2v) is 9.37. The van der Waals surface area contributed by atoms with Crippen LogP contribution in [0.2, 0.25) is 0 Å². The van der Waals surface area contributed by atoms with E-state index in [1.54, 1.807) is 17.2 Å². The van der Waals surface area contributed by atoms with Crippen molar-refractivity contribution in [2.24, 2.45) is 9.98 Å². The van der Waals surface area contributed by atoms with Gasteiger partial charge in [-0.05, 0) is 48.6 Å². The lowest BCUT2D eigenvalue weighted by molar-refractivity contribution is -0.137. The van der Waals surface area contributed by atoms with Gasteiger partial charge in [0, 0.05) is 24.6 Å². The molecule has 7 nitrogen and oxygen atoms in total. The predicted molar refractivity (Wildman–Crippen MR) is 152 cm³/mol. The Balaban J connectivity index is 1.36. The molecule has 7 heteroatoms. The molecule has 0 unspecified atom stereocenters. The first-order valence-corrected chi connectivity index (χ1v) is 13.0. The third-order valence-corrected chi connectivity index (χ3v) is 6.41. The number of ether oxygens (including phenoxy) is 1. The summed E-state index contributed by atoms with van der Waals surface area (Å²) in [5.74, 6) is 0.256. The van der Waals surface area contributed by atoms with Crippen molar-refractivity contribution in [2.75, 3.05) is 6.61 Å². The van der Waals surface area contributed by atoms with Crippen LogP contribution in [-0.4, -0.2) is 40.0 Å². The molecule has 2 heterocycles. The number of amides is 1. The number of unbranched alkanes of at least 4 members (excludes halogenated alkanes) is 2. The van der Waals surface area contributed by atoms with Crippen LogP contribution in [0.25, 0.3) is 11.8 Å². The Bertz CT molecular complexity index is 1470. The maximum absolute atomic E-state index is 13.5. The highest BCUT2D eigenvalue weighted by molar-refractivity contribution is 6.48. The second kappa shape index (κ2) is 12.2. The van der Waals surface area contributed by atoms with Gasteiger partial charge >= 0.3 is 5.97 Å². The zero-order valence-electron chi connectivity index (χ0n) is 21.5. The van der Waals surface area contributed by atoms with Crippen molar-refractivity contribution in [3.05, 3.63) is 114 Å². The van der Waals surface area contributed by atoms with E-state index >= 15 is 0 Å². The Kier molecular flexibility index (Phi) is 8.07. The number of carboxylic acids is 1. The number of aliphatic imine (C=N–C) groups is 2. The van der Waals surface area contributed by atoms with Gasteiger partial charge in [-0.15, -0.1) is 0 Å². The molecule has 0 saturated carbocycles. The first-order chi connectivity index (χ1) is 19.1. The molecule has 2 aliphatic heterocycles. The number of amidine groups is 1. The Hall–Kier alpha value is -4.78. The van der Waals surface area contributed by atoms with Gasteiger partial charge in [0.25, 0.3) is 5.91 Å². The van der Waals surface area contributed by atoms with Gasteiger partial charge in [-0.25, -0.2) is 9.98 Å². The van der Waals surface area contributed by atoms with Gasteiger partial charge in [0.05, 0.1) is 18.0 Å². The third-order valence-electron chi connectivity index (χ3n) is 6.41. The predicted octanol–water partition coefficient (Wildman–Crippen LogP) is 5.99. The van der Waals surface area contributed by atoms with Crippen molar-refractivity contribution in [1.29, 1.82) is 0 Å². The normalized spacial score (nSPS) is 15.5. The van der Waals surface area contributed by atoms with Crippen molar-refractivity contribution < 1.29 is 19.4 Å². The standard InChI is InChI=1S/C32H29N3O4/c36-30(37)17-8-3-9-18-39-26-16-10-13-24(19-26)21-28-32(38)35-22-29(25-14-6-2-7-15-25)33-27(31(35)34-28)20-23-11-4-1-5-12-23/h1-2,4-7,10-16,19,21-22H,3,8-9,17-18,20H2,(H,36,37)/b28-21-. The van der Waals surface area contributed by atoms with Crippen molar-refractivity contribution >= 4 is 35.2 Å². The van der Waals surface area contributed by atoms with Gasteiger partial charge in [-0.3, -0.25) is 14.5 Å². The molecule has 1 N–H and O–H groups in total. The van der Waals surface area contributed by atoms with E-state index in [0.717, 1.165) is 35.2 Å². The summed E-state index contributed by atoms with van der Waals surface area (Å²) in [5.41, 5.74) is 4.61. The molecule has 39 heavy (non-hydrogen) atoms. The molecule has 0 bridgehead atoms. The van der Waals surface area contributed by atoms with E-state index in [4.69, 9.17) is 19.8 Å². The van der Waals surface area contributed by atoms with E-state index in [2.05, 4.69) is 0 Å². The quantitative estimate of drug-likeness (QED) is 0.249. The lowest BCUT2D eigenvalue weighted by Gasteiger charge is -2.21. The summed E-state index contributed by atoms with van der Waals surface area (Å²) < 4.78 is 5.85. The minimum absolute atomic E-state index is 0.177. The zero-order chi connectivity index (χ0) is 27.0. The van der Waals surface area contributed by atoms with Crippen LogP contribution in [0.5, 0.6) is 5.75 Å². The summed E-state index contributed by atoms with van der Waals surface area (Å²) in [7, 11) is 0. The molecule has 0 fully saturated rings. The van der Waals surface area contributed by atoms with E-state index in [1.807, 2.05) is 84.9 Å². The van der Waals surface area contributed by atoms with Gasteiger partial charge in [-0.1, -0.05) is 72.8 Å². The molecule has 5 rings (SSSR count). The maximum Gasteiger partial charge on any atom is 0.303 e. The molecule has 2 aliphatic rings. The van der Waals surface area contributed by atoms with E-state index in [1.165, 1.54) is 0 Å². The number of carbonyl (C=O) groups is 2. The first-order valence-electron chi connectivity index (χ1n) is 13.0. The molecule has 3 aromatic rings. The number of hydrogen-bond donors (Lipinski definition) is 1. The van der Waals surface area contributed by atoms with Crippen LogP contribution >= 0.6 is 0 Å². The van der Waals surface area contributed by atoms with Crippen LogP contribution in [-0.2, 0) is 16.0 Å². The summed E-state index contributed by atoms with van der Waals surface area (Å²) >= 11 is 0. The van der Waals surface area contributed by atoms with E-state index < -0.39 is 5.97 Å². The summed E-state index contributed by atoms with van der Waals surface area (Å²) in [4.78, 5) is 35.4. The fourth-order valence-electron chi connectivity index (χ4n) is 4.45. The number of aliphatic carboxylic acids is 1. The van der Waals surface area contributed by atoms with E-state index in [9.17, 15) is 9.59 Å². The van der Waals surface area contributed by atoms with Crippen molar-refractivity contribution in [3.8, 4) is 5.75 Å². The van der Waals surface area contributed by atoms with Crippen LogP contribution in [0, 0.1) is 0 Å². The highest BCUT2D eigenvalue weighted by Crippen LogP contribution is 2.29. The molecule has 0 atom stereocenters. The van der Waals surface area contributed by atoms with Crippen molar-refractivity contribution in [3.63, 3.8) is 0 Å². The van der Waals surface area contributed by atoms with Crippen molar-refractivity contribution in [2.45, 2.75) is 32.1 Å². The Labute approximate surface area is 227 Å². The fourth-order valence-corrected chi connectivity index (χ4v) is 4.45. The van der Waals surface area contributed by atoms with Crippen LogP contribution in [0.3, 0.4) is 0 Å². The minimum atomic E-state index is -0.775. The lowest BCUT2D eigenvalue weighted by atomic mass is 10.1. The molecule has 0 radical (unpaired) electrons. The molecule has 3 aromatic carbocycles. The number of rotatable bonds is 11. The average Bonchev–Trinajstić information content (AvgIpc) is 3.27. The summed E-state index contributed by atoms with van der Waals surface area (Å²) in [6.07, 6.45) is 6.47. The van der Waals surface area contributed by atoms with E-state index in [-0.39, 0.29) is 12.3 Å². The van der Waals surface area contributed by atoms with Crippen LogP contribution < -0.4 is 4.74 Å². The van der Waals surface area contributed by atoms with Crippen LogP contribution in [0.15, 0.2) is 107 Å². The van der Waals surface area contributed by atoms with Gasteiger partial charge < -0.3 is 9.84 Å². The summed E-state index contributed by atoms with van der Waals surface area (Å²) in [6, 6.07) is 27.4. The molecule has 0 aromatic heterocycles. The summed E-state index contributed by atoms with van der Waals surface area (Å²) in [5, 5.41) is 8.75. The fraction of sp³-hybridized carbons (Fsp3) is 0.188. The topological polar surface area (TPSA) is 91.6 Å². The molecule has 0 spiro atoms. The lowest BCUT2D eigenvalue weighted by Crippen LogP contribution is -2.36. The van der Waals surface area contributed by atoms with Crippen LogP contribution in [0.4, 0.5) is 0 Å². The first kappa shape index (κ1) is 25.9. The van der Waals surface area contributed by atoms with Gasteiger partial charge in [0.1, 0.15) is 11.4 Å². The SMILES string of the molecule is O=C(O)CCCCCOc1cccc(/C=C2\N=C3C(Cc4ccccc4)=NC(c4ccccc4)=CN3C2=O)c1. The number of nitrogens with zero attached hydrogens (tertiary/aromatic N) is 3. The Morgan fingerprint density at radius 2 is 1.67 bits per heavy atom. The molecule has 0 saturated heterocycles. The van der Waals surface area contributed by atoms with Crippen molar-refractivity contribution in [1.82, 2.24) is 4.90 Å². The Morgan fingerprint density at radius 1 is 0.897 bits per heavy atom. The molecule has 196 valence electrons. The highest BCUT2D eigenvalue weighted by atomic mass is 16.5. The molecular formula is C32H29N3O4. The largest absolute Gasteiger partial charge is 0.494 e. The Morgan fingerprint density at radius 3 is 2.44 bits per heavy atom. The minimum Gasteiger partial charge on any atom is -0.494 e. The molecule has 0 aliphatic carbocycles. The van der Waals surface area contributed by atoms with Gasteiger partial charge in [0.15, 0.2) is 5.84 Å². The second-order valence-electron chi connectivity index (χ2n) is 9.37. The number of fused-ring (bicyclic) bond motifs is 1. The van der Waals surface area contributed by atoms with Gasteiger partial charge in [-0.2, -0.15) is 0 Å². The number of benzene rings is 3. The third kappa shape index (κ3) is 6.57. The average molecular weight is 520 g/mol. The smallest absolute Gasteiger partial charge is 0.303 e. The highest BCUT2D eigenvalue weighted by Gasteiger charge is 2.35. The monoisotopic (exact) mass is 519 g/mol. The maximum atomic E-state index is 13.5. The van der Waals surface area contributed by atoms with E-state index in [0.29, 0.717) is 42.4 Å². The number of hydrogen-bond acceptors (Lipinski definition) is 5. The number of carbonyl (C=O) groups excluding carboxylic acids is 1. The molecular weight excluding hydrogens is 490 g/mol. The van der Waals surface area contributed by atoms with Crippen LogP contribution in [0.1, 0.15) is 42.4 Å². The summed E-state index contributed by atoms with van der Waals surface area (Å²) in [6.45, 7) is 0.501.